The summed E-state index contributed by atoms with van der Waals surface area (Å²) in [5.74, 6) is 0. The van der Waals surface area contributed by atoms with Crippen molar-refractivity contribution in [2.24, 2.45) is 0 Å². The van der Waals surface area contributed by atoms with Gasteiger partial charge >= 0.3 is 37.7 Å². The first-order chi connectivity index (χ1) is 7.69. The summed E-state index contributed by atoms with van der Waals surface area (Å²) in [5, 5.41) is 20.0. The zero-order chi connectivity index (χ0) is 12.8. The molecule has 0 spiro atoms. The summed E-state index contributed by atoms with van der Waals surface area (Å²) < 4.78 is 0. The van der Waals surface area contributed by atoms with Gasteiger partial charge in [0, 0.05) is 0 Å². The minimum Gasteiger partial charge on any atom is -0.854 e. The van der Waals surface area contributed by atoms with E-state index >= 15 is 0 Å². The van der Waals surface area contributed by atoms with Gasteiger partial charge in [0.1, 0.15) is 0 Å². The van der Waals surface area contributed by atoms with Crippen LogP contribution in [0.2, 0.25) is 0 Å². The van der Waals surface area contributed by atoms with E-state index in [4.69, 9.17) is 0 Å². The fourth-order valence-electron chi connectivity index (χ4n) is 1.34. The van der Waals surface area contributed by atoms with Crippen molar-refractivity contribution in [3.8, 4) is 0 Å². The topological polar surface area (TPSA) is 52.6 Å². The second-order valence-corrected chi connectivity index (χ2v) is 3.46. The molecular weight excluding hydrogens is 244 g/mol. The molecule has 100 valence electrons. The molecule has 0 amide bonds. The Bertz CT molecular complexity index is 107. The minimum absolute atomic E-state index is 0. The Morgan fingerprint density at radius 1 is 0.647 bits per heavy atom. The van der Waals surface area contributed by atoms with Gasteiger partial charge in [0.05, 0.1) is 0 Å². The van der Waals surface area contributed by atoms with Gasteiger partial charge in [-0.1, -0.05) is 27.7 Å². The fraction of sp³-hybridized carbons (Fsp3) is 1.00. The summed E-state index contributed by atoms with van der Waals surface area (Å²) in [6, 6.07) is 0. The molecule has 0 radical (unpaired) electrons. The molecule has 0 saturated carbocycles. The molecule has 17 heavy (non-hydrogen) atoms. The van der Waals surface area contributed by atoms with Gasteiger partial charge in [0.2, 0.25) is 0 Å². The second kappa shape index (κ2) is 19.4. The molecule has 0 unspecified atom stereocenters. The summed E-state index contributed by atoms with van der Waals surface area (Å²) >= 11 is 0. The van der Waals surface area contributed by atoms with E-state index in [1.807, 2.05) is 0 Å². The number of rotatable bonds is 8. The third-order valence-electron chi connectivity index (χ3n) is 2.60. The zero-order valence-corrected chi connectivity index (χ0v) is 14.3. The molecule has 0 aliphatic carbocycles. The minimum atomic E-state index is 0. The summed E-state index contributed by atoms with van der Waals surface area (Å²) in [4.78, 5) is 4.24. The van der Waals surface area contributed by atoms with Crippen LogP contribution in [0.15, 0.2) is 0 Å². The fourth-order valence-corrected chi connectivity index (χ4v) is 1.34. The maximum absolute atomic E-state index is 10.0. The molecule has 0 saturated heterocycles. The van der Waals surface area contributed by atoms with E-state index in [2.05, 4.69) is 37.5 Å². The van der Waals surface area contributed by atoms with E-state index in [0.29, 0.717) is 13.1 Å². The van der Waals surface area contributed by atoms with Crippen LogP contribution < -0.4 is 10.2 Å². The Balaban J connectivity index is -0.000000218. The van der Waals surface area contributed by atoms with Crippen molar-refractivity contribution in [2.45, 2.75) is 27.7 Å². The standard InChI is InChI=1S/2C6H14NO.Ca/c2*1-3-7(4-2)5-6-8;/h2*3-6H2,1-2H3;/q2*-1;+2. The Hall–Kier alpha value is 1.10. The van der Waals surface area contributed by atoms with E-state index in [1.54, 1.807) is 0 Å². The van der Waals surface area contributed by atoms with Crippen molar-refractivity contribution in [2.75, 3.05) is 52.5 Å². The molecule has 0 aliphatic rings. The molecule has 0 rings (SSSR count). The number of hydrogen-bond donors (Lipinski definition) is 0. The zero-order valence-electron chi connectivity index (χ0n) is 12.1. The van der Waals surface area contributed by atoms with Crippen LogP contribution in [0.3, 0.4) is 0 Å². The monoisotopic (exact) mass is 272 g/mol. The van der Waals surface area contributed by atoms with Gasteiger partial charge in [-0.15, -0.1) is 13.2 Å². The van der Waals surface area contributed by atoms with Gasteiger partial charge in [0.15, 0.2) is 0 Å². The summed E-state index contributed by atoms with van der Waals surface area (Å²) in [5.41, 5.74) is 0. The van der Waals surface area contributed by atoms with E-state index in [9.17, 15) is 10.2 Å². The Labute approximate surface area is 137 Å². The van der Waals surface area contributed by atoms with Gasteiger partial charge < -0.3 is 20.0 Å². The average Bonchev–Trinajstić information content (AvgIpc) is 2.33. The molecule has 0 aromatic carbocycles. The smallest absolute Gasteiger partial charge is 0.854 e. The van der Waals surface area contributed by atoms with Crippen LogP contribution in [0, 0.1) is 0 Å². The molecule has 0 atom stereocenters. The Morgan fingerprint density at radius 2 is 0.882 bits per heavy atom. The van der Waals surface area contributed by atoms with Crippen molar-refractivity contribution in [1.82, 2.24) is 9.80 Å². The van der Waals surface area contributed by atoms with Gasteiger partial charge in [-0.2, -0.15) is 0 Å². The normalized spacial score (nSPS) is 9.88. The molecule has 4 nitrogen and oxygen atoms in total. The predicted octanol–water partition coefficient (Wildman–Crippen LogP) is -1.00. The van der Waals surface area contributed by atoms with Crippen LogP contribution >= 0.6 is 0 Å². The van der Waals surface area contributed by atoms with Crippen LogP contribution in [-0.4, -0.2) is 100 Å². The van der Waals surface area contributed by atoms with E-state index < -0.39 is 0 Å². The molecule has 0 aromatic heterocycles. The molecule has 0 N–H and O–H groups in total. The molecule has 0 bridgehead atoms. The van der Waals surface area contributed by atoms with E-state index in [1.165, 1.54) is 0 Å². The van der Waals surface area contributed by atoms with Crippen LogP contribution in [-0.2, 0) is 0 Å². The van der Waals surface area contributed by atoms with Crippen LogP contribution in [0.25, 0.3) is 0 Å². The number of hydrogen-bond acceptors (Lipinski definition) is 4. The first-order valence-electron chi connectivity index (χ1n) is 6.30. The predicted molar refractivity (Wildman–Crippen MR) is 71.1 cm³/mol. The molecule has 0 heterocycles. The first-order valence-corrected chi connectivity index (χ1v) is 6.30. The van der Waals surface area contributed by atoms with E-state index in [0.717, 1.165) is 26.2 Å². The average molecular weight is 272 g/mol. The van der Waals surface area contributed by atoms with Crippen LogP contribution in [0.1, 0.15) is 27.7 Å². The molecular formula is C12H28CaN2O2. The summed E-state index contributed by atoms with van der Waals surface area (Å²) in [6.07, 6.45) is 0. The largest absolute Gasteiger partial charge is 2.00 e. The third-order valence-corrected chi connectivity index (χ3v) is 2.60. The van der Waals surface area contributed by atoms with Gasteiger partial charge in [-0.25, -0.2) is 0 Å². The quantitative estimate of drug-likeness (QED) is 0.532. The van der Waals surface area contributed by atoms with Gasteiger partial charge in [0.25, 0.3) is 0 Å². The maximum Gasteiger partial charge on any atom is 2.00 e. The van der Waals surface area contributed by atoms with Crippen molar-refractivity contribution < 1.29 is 10.2 Å². The van der Waals surface area contributed by atoms with Crippen LogP contribution in [0.5, 0.6) is 0 Å². The van der Waals surface area contributed by atoms with Crippen molar-refractivity contribution >= 4 is 37.7 Å². The SMILES string of the molecule is CCN(CC)CC[O-].CCN(CC)CC[O-].[Ca+2]. The molecule has 0 aromatic rings. The van der Waals surface area contributed by atoms with Gasteiger partial charge in [-0.05, 0) is 39.3 Å². The van der Waals surface area contributed by atoms with Crippen molar-refractivity contribution in [1.29, 1.82) is 0 Å². The van der Waals surface area contributed by atoms with Crippen molar-refractivity contribution in [3.63, 3.8) is 0 Å². The Morgan fingerprint density at radius 3 is 0.941 bits per heavy atom. The first kappa shape index (κ1) is 23.2. The summed E-state index contributed by atoms with van der Waals surface area (Å²) in [6.45, 7) is 13.7. The molecule has 0 fully saturated rings. The molecule has 0 aliphatic heterocycles. The summed E-state index contributed by atoms with van der Waals surface area (Å²) in [7, 11) is 0. The van der Waals surface area contributed by atoms with Gasteiger partial charge in [-0.3, -0.25) is 0 Å². The Kier molecular flexibility index (Phi) is 26.5. The third kappa shape index (κ3) is 17.1. The van der Waals surface area contributed by atoms with Crippen LogP contribution in [0.4, 0.5) is 0 Å². The number of likely N-dealkylation sites (N-methyl/N-ethyl adjacent to an activating group) is 2. The van der Waals surface area contributed by atoms with Crippen molar-refractivity contribution in [3.05, 3.63) is 0 Å². The second-order valence-electron chi connectivity index (χ2n) is 3.46. The van der Waals surface area contributed by atoms with E-state index in [-0.39, 0.29) is 51.0 Å². The molecule has 5 heteroatoms. The number of nitrogens with zero attached hydrogens (tertiary/aromatic N) is 2. The maximum atomic E-state index is 10.0.